The maximum atomic E-state index is 8.53. The molecule has 12 heavy (non-hydrogen) atoms. The Balaban J connectivity index is 3.11. The molecule has 0 aromatic carbocycles. The van der Waals surface area contributed by atoms with Crippen LogP contribution in [-0.4, -0.2) is 4.98 Å². The molecule has 0 spiro atoms. The third kappa shape index (κ3) is 2.03. The maximum absolute atomic E-state index is 8.53. The number of hydrogen-bond donors (Lipinski definition) is 1. The van der Waals surface area contributed by atoms with Gasteiger partial charge in [0.1, 0.15) is 6.04 Å². The van der Waals surface area contributed by atoms with Gasteiger partial charge in [-0.25, -0.2) is 0 Å². The Kier molecular flexibility index (Phi) is 3.20. The summed E-state index contributed by atoms with van der Waals surface area (Å²) in [5, 5.41) is 8.53. The Bertz CT molecular complexity index is 332. The van der Waals surface area contributed by atoms with Crippen molar-refractivity contribution in [2.75, 3.05) is 0 Å². The number of halogens is 2. The Hall–Kier alpha value is -0.440. The number of nitriles is 1. The Morgan fingerprint density at radius 2 is 2.25 bits per heavy atom. The molecule has 0 saturated heterocycles. The molecule has 1 unspecified atom stereocenters. The third-order valence-corrected chi connectivity index (χ3v) is 2.34. The van der Waals surface area contributed by atoms with Crippen molar-refractivity contribution in [2.24, 2.45) is 5.73 Å². The van der Waals surface area contributed by atoms with E-state index < -0.39 is 6.04 Å². The highest BCUT2D eigenvalue weighted by molar-refractivity contribution is 9.11. The number of rotatable bonds is 1. The fourth-order valence-corrected chi connectivity index (χ4v) is 1.95. The summed E-state index contributed by atoms with van der Waals surface area (Å²) < 4.78 is 1.59. The highest BCUT2D eigenvalue weighted by Gasteiger charge is 2.09. The lowest BCUT2D eigenvalue weighted by molar-refractivity contribution is 0.866. The van der Waals surface area contributed by atoms with Gasteiger partial charge in [-0.3, -0.25) is 4.98 Å². The molecule has 1 aromatic rings. The van der Waals surface area contributed by atoms with Crippen LogP contribution in [0.1, 0.15) is 11.7 Å². The zero-order chi connectivity index (χ0) is 9.14. The quantitative estimate of drug-likeness (QED) is 0.862. The van der Waals surface area contributed by atoms with Gasteiger partial charge in [-0.2, -0.15) is 5.26 Å². The summed E-state index contributed by atoms with van der Waals surface area (Å²) in [7, 11) is 0. The smallest absolute Gasteiger partial charge is 0.137 e. The van der Waals surface area contributed by atoms with Gasteiger partial charge in [0.25, 0.3) is 0 Å². The van der Waals surface area contributed by atoms with Gasteiger partial charge in [0.2, 0.25) is 0 Å². The van der Waals surface area contributed by atoms with Gasteiger partial charge in [0, 0.05) is 15.1 Å². The first kappa shape index (κ1) is 9.65. The standard InChI is InChI=1S/C7H5Br2N3/c8-4-1-5(9)7(12-3-4)6(11)2-10/h1,3,6H,11H2. The molecule has 0 fully saturated rings. The van der Waals surface area contributed by atoms with E-state index in [1.165, 1.54) is 0 Å². The van der Waals surface area contributed by atoms with Crippen molar-refractivity contribution >= 4 is 31.9 Å². The van der Waals surface area contributed by atoms with Crippen LogP contribution in [0, 0.1) is 11.3 Å². The SMILES string of the molecule is N#CC(N)c1ncc(Br)cc1Br. The van der Waals surface area contributed by atoms with Gasteiger partial charge in [0.15, 0.2) is 0 Å². The molecular formula is C7H5Br2N3. The highest BCUT2D eigenvalue weighted by Crippen LogP contribution is 2.22. The Morgan fingerprint density at radius 3 is 2.75 bits per heavy atom. The van der Waals surface area contributed by atoms with E-state index in [9.17, 15) is 0 Å². The van der Waals surface area contributed by atoms with Gasteiger partial charge in [0.05, 0.1) is 11.8 Å². The number of pyridine rings is 1. The zero-order valence-electron chi connectivity index (χ0n) is 5.96. The van der Waals surface area contributed by atoms with E-state index >= 15 is 0 Å². The van der Waals surface area contributed by atoms with E-state index in [0.717, 1.165) is 8.95 Å². The summed E-state index contributed by atoms with van der Waals surface area (Å²) in [5.41, 5.74) is 6.03. The molecule has 0 aliphatic heterocycles. The second kappa shape index (κ2) is 3.99. The maximum Gasteiger partial charge on any atom is 0.137 e. The summed E-state index contributed by atoms with van der Waals surface area (Å²) in [6.45, 7) is 0. The van der Waals surface area contributed by atoms with Gasteiger partial charge < -0.3 is 5.73 Å². The van der Waals surface area contributed by atoms with Crippen molar-refractivity contribution < 1.29 is 0 Å². The minimum Gasteiger partial charge on any atom is -0.311 e. The van der Waals surface area contributed by atoms with E-state index in [-0.39, 0.29) is 0 Å². The predicted octanol–water partition coefficient (Wildman–Crippen LogP) is 2.13. The lowest BCUT2D eigenvalue weighted by Gasteiger charge is -2.04. The van der Waals surface area contributed by atoms with Crippen LogP contribution in [0.2, 0.25) is 0 Å². The largest absolute Gasteiger partial charge is 0.311 e. The zero-order valence-corrected chi connectivity index (χ0v) is 9.13. The van der Waals surface area contributed by atoms with E-state index in [4.69, 9.17) is 11.0 Å². The summed E-state index contributed by atoms with van der Waals surface area (Å²) in [6, 6.07) is 3.04. The van der Waals surface area contributed by atoms with E-state index in [1.54, 1.807) is 12.3 Å². The molecule has 0 saturated carbocycles. The molecule has 2 N–H and O–H groups in total. The van der Waals surface area contributed by atoms with Crippen molar-refractivity contribution in [1.82, 2.24) is 4.98 Å². The number of hydrogen-bond acceptors (Lipinski definition) is 3. The van der Waals surface area contributed by atoms with Crippen molar-refractivity contribution in [3.8, 4) is 6.07 Å². The number of nitrogens with zero attached hydrogens (tertiary/aromatic N) is 2. The van der Waals surface area contributed by atoms with E-state index in [2.05, 4.69) is 36.8 Å². The van der Waals surface area contributed by atoms with Gasteiger partial charge in [-0.1, -0.05) is 0 Å². The lowest BCUT2D eigenvalue weighted by Crippen LogP contribution is -2.09. The van der Waals surface area contributed by atoms with Crippen molar-refractivity contribution in [3.05, 3.63) is 26.9 Å². The third-order valence-electron chi connectivity index (χ3n) is 1.27. The summed E-state index contributed by atoms with van der Waals surface area (Å²) >= 11 is 6.52. The molecule has 0 amide bonds. The average Bonchev–Trinajstić information content (AvgIpc) is 2.03. The Morgan fingerprint density at radius 1 is 1.58 bits per heavy atom. The molecule has 0 radical (unpaired) electrons. The second-order valence-corrected chi connectivity index (χ2v) is 3.90. The predicted molar refractivity (Wildman–Crippen MR) is 52.2 cm³/mol. The molecule has 0 bridgehead atoms. The van der Waals surface area contributed by atoms with Crippen molar-refractivity contribution in [2.45, 2.75) is 6.04 Å². The molecule has 0 aliphatic rings. The van der Waals surface area contributed by atoms with Crippen LogP contribution in [0.25, 0.3) is 0 Å². The molecule has 3 nitrogen and oxygen atoms in total. The molecule has 1 atom stereocenters. The van der Waals surface area contributed by atoms with Crippen LogP contribution in [0.5, 0.6) is 0 Å². The van der Waals surface area contributed by atoms with Gasteiger partial charge in [-0.15, -0.1) is 0 Å². The minimum atomic E-state index is -0.674. The fraction of sp³-hybridized carbons (Fsp3) is 0.143. The summed E-state index contributed by atoms with van der Waals surface area (Å²) in [4.78, 5) is 4.01. The highest BCUT2D eigenvalue weighted by atomic mass is 79.9. The van der Waals surface area contributed by atoms with Crippen LogP contribution < -0.4 is 5.73 Å². The topological polar surface area (TPSA) is 62.7 Å². The lowest BCUT2D eigenvalue weighted by atomic mass is 10.2. The van der Waals surface area contributed by atoms with Gasteiger partial charge >= 0.3 is 0 Å². The molecule has 1 heterocycles. The van der Waals surface area contributed by atoms with Crippen LogP contribution in [0.4, 0.5) is 0 Å². The minimum absolute atomic E-state index is 0.556. The molecule has 62 valence electrons. The van der Waals surface area contributed by atoms with Crippen LogP contribution in [0.15, 0.2) is 21.2 Å². The first-order valence-corrected chi connectivity index (χ1v) is 4.70. The number of nitrogens with two attached hydrogens (primary N) is 1. The molecular weight excluding hydrogens is 286 g/mol. The van der Waals surface area contributed by atoms with Crippen LogP contribution in [-0.2, 0) is 0 Å². The Labute approximate surface area is 86.8 Å². The summed E-state index contributed by atoms with van der Waals surface area (Å²) in [5.74, 6) is 0. The fourth-order valence-electron chi connectivity index (χ4n) is 0.715. The van der Waals surface area contributed by atoms with Crippen LogP contribution >= 0.6 is 31.9 Å². The molecule has 5 heteroatoms. The second-order valence-electron chi connectivity index (χ2n) is 2.13. The van der Waals surface area contributed by atoms with Crippen LogP contribution in [0.3, 0.4) is 0 Å². The normalized spacial score (nSPS) is 12.2. The first-order chi connectivity index (χ1) is 5.65. The van der Waals surface area contributed by atoms with Crippen molar-refractivity contribution in [3.63, 3.8) is 0 Å². The van der Waals surface area contributed by atoms with Gasteiger partial charge in [-0.05, 0) is 37.9 Å². The molecule has 0 aliphatic carbocycles. The summed E-state index contributed by atoms with van der Waals surface area (Å²) in [6.07, 6.45) is 1.61. The first-order valence-electron chi connectivity index (χ1n) is 3.11. The van der Waals surface area contributed by atoms with E-state index in [1.807, 2.05) is 6.07 Å². The molecule has 1 rings (SSSR count). The number of aromatic nitrogens is 1. The average molecular weight is 291 g/mol. The molecule has 1 aromatic heterocycles. The monoisotopic (exact) mass is 289 g/mol. The van der Waals surface area contributed by atoms with E-state index in [0.29, 0.717) is 5.69 Å². The van der Waals surface area contributed by atoms with Crippen molar-refractivity contribution in [1.29, 1.82) is 5.26 Å².